The van der Waals surface area contributed by atoms with Gasteiger partial charge >= 0.3 is 0 Å². The summed E-state index contributed by atoms with van der Waals surface area (Å²) in [6.45, 7) is 15.5. The van der Waals surface area contributed by atoms with Crippen LogP contribution in [0.3, 0.4) is 0 Å². The molecule has 3 fully saturated rings. The van der Waals surface area contributed by atoms with E-state index in [-0.39, 0.29) is 6.61 Å². The van der Waals surface area contributed by atoms with E-state index in [0.717, 1.165) is 41.9 Å². The monoisotopic (exact) mass is 518 g/mol. The molecular weight excluding hydrogens is 460 g/mol. The first-order chi connectivity index (χ1) is 17.8. The number of rotatable bonds is 14. The third kappa shape index (κ3) is 6.67. The minimum atomic E-state index is 0.0689. The molecule has 4 aliphatic rings. The number of allylic oxidation sites excluding steroid dienone is 1. The first-order valence-corrected chi connectivity index (χ1v) is 15.9. The third-order valence-corrected chi connectivity index (χ3v) is 11.4. The van der Waals surface area contributed by atoms with Gasteiger partial charge in [0.25, 0.3) is 0 Å². The molecule has 0 aromatic carbocycles. The lowest BCUT2D eigenvalue weighted by molar-refractivity contribution is -0.0690. The van der Waals surface area contributed by atoms with Crippen molar-refractivity contribution >= 4 is 0 Å². The Morgan fingerprint density at radius 3 is 2.41 bits per heavy atom. The van der Waals surface area contributed by atoms with Crippen LogP contribution >= 0.6 is 0 Å². The second-order valence-electron chi connectivity index (χ2n) is 14.0. The molecule has 4 nitrogen and oxygen atoms in total. The zero-order chi connectivity index (χ0) is 26.5. The van der Waals surface area contributed by atoms with Gasteiger partial charge in [-0.2, -0.15) is 0 Å². The first-order valence-electron chi connectivity index (χ1n) is 15.9. The Hall–Kier alpha value is -0.420. The fraction of sp³-hybridized carbons (Fsp3) is 0.939. The second kappa shape index (κ2) is 13.3. The Kier molecular flexibility index (Phi) is 10.6. The standard InChI is InChI=1S/C33H58O4/c1-24(2)7-6-8-25(3)29-11-12-30-28-10-9-26-23-27(37-22-21-36-20-19-35-18-17-34)13-15-32(26,4)31(28)14-16-33(29,30)5/h9,24-25,27-31,34H,6-8,10-23H2,1-5H3. The summed E-state index contributed by atoms with van der Waals surface area (Å²) in [5.41, 5.74) is 2.68. The largest absolute Gasteiger partial charge is 0.394 e. The normalized spacial score (nSPS) is 38.1. The summed E-state index contributed by atoms with van der Waals surface area (Å²) >= 11 is 0. The topological polar surface area (TPSA) is 47.9 Å². The molecular formula is C33H58O4. The molecule has 0 saturated heterocycles. The fourth-order valence-electron chi connectivity index (χ4n) is 9.45. The summed E-state index contributed by atoms with van der Waals surface area (Å²) in [6.07, 6.45) is 18.0. The Morgan fingerprint density at radius 2 is 1.65 bits per heavy atom. The number of hydrogen-bond donors (Lipinski definition) is 1. The van der Waals surface area contributed by atoms with E-state index in [1.54, 1.807) is 5.57 Å². The predicted molar refractivity (Wildman–Crippen MR) is 152 cm³/mol. The lowest BCUT2D eigenvalue weighted by Gasteiger charge is -2.58. The van der Waals surface area contributed by atoms with Gasteiger partial charge in [0, 0.05) is 0 Å². The van der Waals surface area contributed by atoms with Gasteiger partial charge in [-0.05, 0) is 97.7 Å². The lowest BCUT2D eigenvalue weighted by Crippen LogP contribution is -2.51. The highest BCUT2D eigenvalue weighted by Gasteiger charge is 2.59. The molecule has 0 bridgehead atoms. The maximum absolute atomic E-state index is 8.75. The van der Waals surface area contributed by atoms with Crippen molar-refractivity contribution in [1.82, 2.24) is 0 Å². The zero-order valence-electron chi connectivity index (χ0n) is 24.8. The summed E-state index contributed by atoms with van der Waals surface area (Å²) in [7, 11) is 0. The zero-order valence-corrected chi connectivity index (χ0v) is 24.8. The average molecular weight is 519 g/mol. The molecule has 8 unspecified atom stereocenters. The highest BCUT2D eigenvalue weighted by Crippen LogP contribution is 2.67. The number of fused-ring (bicyclic) bond motifs is 5. The van der Waals surface area contributed by atoms with Gasteiger partial charge < -0.3 is 19.3 Å². The van der Waals surface area contributed by atoms with E-state index < -0.39 is 0 Å². The molecule has 0 heterocycles. The van der Waals surface area contributed by atoms with E-state index in [0.29, 0.717) is 50.0 Å². The molecule has 0 aromatic rings. The number of aliphatic hydroxyl groups excluding tert-OH is 1. The van der Waals surface area contributed by atoms with Gasteiger partial charge in [0.15, 0.2) is 0 Å². The van der Waals surface area contributed by atoms with Crippen LogP contribution in [0.25, 0.3) is 0 Å². The van der Waals surface area contributed by atoms with Crippen LogP contribution in [-0.4, -0.2) is 50.9 Å². The number of aliphatic hydroxyl groups is 1. The molecule has 4 heteroatoms. The van der Waals surface area contributed by atoms with Crippen molar-refractivity contribution in [3.8, 4) is 0 Å². The second-order valence-corrected chi connectivity index (χ2v) is 14.0. The van der Waals surface area contributed by atoms with E-state index in [4.69, 9.17) is 19.3 Å². The molecule has 1 N–H and O–H groups in total. The first kappa shape index (κ1) is 29.6. The van der Waals surface area contributed by atoms with E-state index in [1.165, 1.54) is 64.2 Å². The van der Waals surface area contributed by atoms with Gasteiger partial charge in [-0.3, -0.25) is 0 Å². The van der Waals surface area contributed by atoms with Gasteiger partial charge in [-0.1, -0.05) is 65.5 Å². The van der Waals surface area contributed by atoms with Crippen molar-refractivity contribution in [2.75, 3.05) is 39.6 Å². The smallest absolute Gasteiger partial charge is 0.0704 e. The van der Waals surface area contributed by atoms with Crippen molar-refractivity contribution in [3.05, 3.63) is 11.6 Å². The fourth-order valence-corrected chi connectivity index (χ4v) is 9.45. The van der Waals surface area contributed by atoms with Crippen LogP contribution in [0.15, 0.2) is 11.6 Å². The molecule has 37 heavy (non-hydrogen) atoms. The van der Waals surface area contributed by atoms with Crippen LogP contribution in [0, 0.1) is 46.3 Å². The molecule has 0 radical (unpaired) electrons. The maximum atomic E-state index is 8.75. The molecule has 0 amide bonds. The molecule has 214 valence electrons. The van der Waals surface area contributed by atoms with Gasteiger partial charge in [0.1, 0.15) is 0 Å². The summed E-state index contributed by atoms with van der Waals surface area (Å²) in [5.74, 6) is 5.39. The van der Waals surface area contributed by atoms with Gasteiger partial charge in [-0.25, -0.2) is 0 Å². The van der Waals surface area contributed by atoms with Gasteiger partial charge in [0.05, 0.1) is 45.7 Å². The molecule has 3 saturated carbocycles. The predicted octanol–water partition coefficient (Wildman–Crippen LogP) is 7.44. The third-order valence-electron chi connectivity index (χ3n) is 11.4. The highest BCUT2D eigenvalue weighted by atomic mass is 16.5. The van der Waals surface area contributed by atoms with Crippen LogP contribution in [0.5, 0.6) is 0 Å². The molecule has 4 rings (SSSR count). The Labute approximate surface area is 228 Å². The summed E-state index contributed by atoms with van der Waals surface area (Å²) in [6, 6.07) is 0. The van der Waals surface area contributed by atoms with E-state index in [9.17, 15) is 0 Å². The number of hydrogen-bond acceptors (Lipinski definition) is 4. The van der Waals surface area contributed by atoms with Crippen molar-refractivity contribution in [2.24, 2.45) is 46.3 Å². The Morgan fingerprint density at radius 1 is 0.892 bits per heavy atom. The van der Waals surface area contributed by atoms with Crippen LogP contribution < -0.4 is 0 Å². The highest BCUT2D eigenvalue weighted by molar-refractivity contribution is 5.25. The van der Waals surface area contributed by atoms with Crippen molar-refractivity contribution in [2.45, 2.75) is 111 Å². The van der Waals surface area contributed by atoms with Crippen LogP contribution in [0.4, 0.5) is 0 Å². The SMILES string of the molecule is CC(C)CCCC(C)C1CCC2C3CC=C4CC(OCCOCCOCCO)CCC4(C)C3CCC12C. The molecule has 0 spiro atoms. The summed E-state index contributed by atoms with van der Waals surface area (Å²) in [5, 5.41) is 8.75. The molecule has 0 aliphatic heterocycles. The number of ether oxygens (including phenoxy) is 3. The quantitative estimate of drug-likeness (QED) is 0.192. The van der Waals surface area contributed by atoms with Crippen LogP contribution in [-0.2, 0) is 14.2 Å². The summed E-state index contributed by atoms with van der Waals surface area (Å²) in [4.78, 5) is 0. The lowest BCUT2D eigenvalue weighted by atomic mass is 9.47. The Balaban J connectivity index is 1.29. The molecule has 8 atom stereocenters. The van der Waals surface area contributed by atoms with E-state index >= 15 is 0 Å². The van der Waals surface area contributed by atoms with E-state index in [1.807, 2.05) is 0 Å². The average Bonchev–Trinajstić information content (AvgIpc) is 3.22. The Bertz CT molecular complexity index is 734. The van der Waals surface area contributed by atoms with E-state index in [2.05, 4.69) is 40.7 Å². The molecule has 0 aromatic heterocycles. The van der Waals surface area contributed by atoms with Gasteiger partial charge in [-0.15, -0.1) is 0 Å². The maximum Gasteiger partial charge on any atom is 0.0704 e. The van der Waals surface area contributed by atoms with Crippen LogP contribution in [0.2, 0.25) is 0 Å². The van der Waals surface area contributed by atoms with Gasteiger partial charge in [0.2, 0.25) is 0 Å². The van der Waals surface area contributed by atoms with Crippen molar-refractivity contribution in [3.63, 3.8) is 0 Å². The summed E-state index contributed by atoms with van der Waals surface area (Å²) < 4.78 is 17.1. The minimum Gasteiger partial charge on any atom is -0.394 e. The molecule has 4 aliphatic carbocycles. The van der Waals surface area contributed by atoms with Crippen LogP contribution in [0.1, 0.15) is 105 Å². The minimum absolute atomic E-state index is 0.0689. The van der Waals surface area contributed by atoms with Crippen molar-refractivity contribution < 1.29 is 19.3 Å². The van der Waals surface area contributed by atoms with Crippen molar-refractivity contribution in [1.29, 1.82) is 0 Å².